The Labute approximate surface area is 226 Å². The van der Waals surface area contributed by atoms with Crippen LogP contribution < -0.4 is 15.8 Å². The lowest BCUT2D eigenvalue weighted by Crippen LogP contribution is -2.47. The van der Waals surface area contributed by atoms with Crippen molar-refractivity contribution in [2.75, 3.05) is 63.2 Å². The molecule has 5 rings (SSSR count). The van der Waals surface area contributed by atoms with Crippen molar-refractivity contribution in [2.24, 2.45) is 0 Å². The van der Waals surface area contributed by atoms with Crippen LogP contribution in [0.15, 0.2) is 53.5 Å². The first-order valence-electron chi connectivity index (χ1n) is 13.1. The number of H-pyrrole nitrogens is 2. The van der Waals surface area contributed by atoms with Crippen molar-refractivity contribution >= 4 is 22.4 Å². The number of aromatic nitrogens is 3. The van der Waals surface area contributed by atoms with E-state index in [9.17, 15) is 9.90 Å². The number of nitrogens with one attached hydrogen (secondary N) is 3. The first kappa shape index (κ1) is 26.4. The minimum Gasteiger partial charge on any atom is -0.387 e. The van der Waals surface area contributed by atoms with Crippen LogP contribution in [0.1, 0.15) is 22.8 Å². The highest BCUT2D eigenvalue weighted by Crippen LogP contribution is 2.30. The number of hydrogen-bond acceptors (Lipinski definition) is 8. The zero-order valence-electron chi connectivity index (χ0n) is 22.2. The number of methoxy groups -OCH3 is 1. The fraction of sp³-hybridized carbons (Fsp3) is 0.345. The molecule has 0 radical (unpaired) electrons. The number of aliphatic hydroxyl groups is 1. The normalized spacial score (nSPS) is 14.9. The summed E-state index contributed by atoms with van der Waals surface area (Å²) in [7, 11) is 1.73. The lowest BCUT2D eigenvalue weighted by molar-refractivity contribution is 0.144. The number of fused-ring (bicyclic) bond motifs is 1. The molecule has 0 amide bonds. The van der Waals surface area contributed by atoms with Gasteiger partial charge in [0.2, 0.25) is 0 Å². The molecule has 1 aliphatic heterocycles. The minimum absolute atomic E-state index is 0.158. The smallest absolute Gasteiger partial charge is 0.261 e. The number of pyridine rings is 1. The summed E-state index contributed by atoms with van der Waals surface area (Å²) in [6, 6.07) is 14.9. The summed E-state index contributed by atoms with van der Waals surface area (Å²) in [5.74, 6) is 0.458. The van der Waals surface area contributed by atoms with Gasteiger partial charge in [-0.3, -0.25) is 9.69 Å². The Kier molecular flexibility index (Phi) is 7.93. The molecule has 2 aromatic heterocycles. The molecule has 1 saturated heterocycles. The zero-order chi connectivity index (χ0) is 27.4. The van der Waals surface area contributed by atoms with Crippen LogP contribution in [0.3, 0.4) is 0 Å². The average molecular weight is 528 g/mol. The van der Waals surface area contributed by atoms with Crippen molar-refractivity contribution in [3.8, 4) is 17.5 Å². The number of benzene rings is 2. The van der Waals surface area contributed by atoms with Gasteiger partial charge in [0, 0.05) is 58.3 Å². The van der Waals surface area contributed by atoms with E-state index in [-0.39, 0.29) is 12.1 Å². The number of piperazine rings is 1. The Morgan fingerprint density at radius 1 is 1.21 bits per heavy atom. The van der Waals surface area contributed by atoms with Gasteiger partial charge in [-0.2, -0.15) is 5.26 Å². The summed E-state index contributed by atoms with van der Waals surface area (Å²) in [4.78, 5) is 28.6. The number of nitrogens with zero attached hydrogens (tertiary/aromatic N) is 4. The van der Waals surface area contributed by atoms with Gasteiger partial charge < -0.3 is 30.0 Å². The molecule has 0 unspecified atom stereocenters. The van der Waals surface area contributed by atoms with Gasteiger partial charge in [0.25, 0.3) is 5.56 Å². The molecule has 1 atom stereocenters. The highest BCUT2D eigenvalue weighted by molar-refractivity contribution is 5.87. The highest BCUT2D eigenvalue weighted by Gasteiger charge is 2.20. The van der Waals surface area contributed by atoms with Gasteiger partial charge >= 0.3 is 0 Å². The number of hydrogen-bond donors (Lipinski definition) is 4. The molecule has 39 heavy (non-hydrogen) atoms. The molecule has 0 bridgehead atoms. The van der Waals surface area contributed by atoms with Gasteiger partial charge in [-0.05, 0) is 48.4 Å². The maximum Gasteiger partial charge on any atom is 0.261 e. The third-order valence-corrected chi connectivity index (χ3v) is 7.19. The molecule has 0 aliphatic carbocycles. The van der Waals surface area contributed by atoms with E-state index in [0.29, 0.717) is 28.2 Å². The summed E-state index contributed by atoms with van der Waals surface area (Å²) in [6.07, 6.45) is 0.704. The molecule has 10 heteroatoms. The fourth-order valence-electron chi connectivity index (χ4n) is 5.02. The zero-order valence-corrected chi connectivity index (χ0v) is 22.2. The van der Waals surface area contributed by atoms with Crippen LogP contribution in [-0.2, 0) is 4.74 Å². The van der Waals surface area contributed by atoms with Gasteiger partial charge in [0.1, 0.15) is 11.4 Å². The first-order valence-corrected chi connectivity index (χ1v) is 13.1. The van der Waals surface area contributed by atoms with Crippen LogP contribution in [0, 0.1) is 18.3 Å². The standard InChI is InChI=1S/C29H33N7O3/c1-19-14-22(36-10-8-35(9-11-36)12-13-39-2)16-24-27(19)34-28(33-24)26-23(6-7-31-29(26)38)32-18-25(37)21-5-3-4-20(15-21)17-30/h3-7,14-16,25,37H,8-13,18H2,1-2H3,(H,33,34)(H2,31,32,38)/t25-/m1/s1. The lowest BCUT2D eigenvalue weighted by Gasteiger charge is -2.36. The number of aliphatic hydroxyl groups excluding tert-OH is 1. The van der Waals surface area contributed by atoms with E-state index in [4.69, 9.17) is 15.0 Å². The number of imidazole rings is 1. The Balaban J connectivity index is 1.37. The molecular weight excluding hydrogens is 494 g/mol. The van der Waals surface area contributed by atoms with Gasteiger partial charge in [0.15, 0.2) is 0 Å². The van der Waals surface area contributed by atoms with Crippen molar-refractivity contribution in [1.82, 2.24) is 19.9 Å². The van der Waals surface area contributed by atoms with E-state index >= 15 is 0 Å². The minimum atomic E-state index is -0.860. The molecular formula is C29H33N7O3. The Morgan fingerprint density at radius 2 is 2.03 bits per heavy atom. The molecule has 2 aromatic carbocycles. The molecule has 202 valence electrons. The second-order valence-electron chi connectivity index (χ2n) is 9.80. The van der Waals surface area contributed by atoms with Gasteiger partial charge in [0.05, 0.1) is 41.1 Å². The van der Waals surface area contributed by atoms with Crippen molar-refractivity contribution in [2.45, 2.75) is 13.0 Å². The SMILES string of the molecule is COCCN1CCN(c2cc(C)c3nc(-c4c(NC[C@@H](O)c5cccc(C#N)c5)cc[nH]c4=O)[nH]c3c2)CC1. The molecule has 4 N–H and O–H groups in total. The molecule has 1 aliphatic rings. The van der Waals surface area contributed by atoms with Crippen molar-refractivity contribution in [3.05, 3.63) is 75.7 Å². The van der Waals surface area contributed by atoms with E-state index in [0.717, 1.165) is 61.6 Å². The van der Waals surface area contributed by atoms with Crippen molar-refractivity contribution in [3.63, 3.8) is 0 Å². The summed E-state index contributed by atoms with van der Waals surface area (Å²) < 4.78 is 5.21. The first-order chi connectivity index (χ1) is 19.0. The molecule has 0 spiro atoms. The molecule has 1 fully saturated rings. The number of aromatic amines is 2. The van der Waals surface area contributed by atoms with E-state index in [1.165, 1.54) is 0 Å². The van der Waals surface area contributed by atoms with Crippen LogP contribution in [0.2, 0.25) is 0 Å². The fourth-order valence-corrected chi connectivity index (χ4v) is 5.02. The number of anilines is 2. The quantitative estimate of drug-likeness (QED) is 0.261. The van der Waals surface area contributed by atoms with Crippen LogP contribution in [0.4, 0.5) is 11.4 Å². The lowest BCUT2D eigenvalue weighted by atomic mass is 10.1. The molecule has 3 heterocycles. The molecule has 0 saturated carbocycles. The Morgan fingerprint density at radius 3 is 2.79 bits per heavy atom. The molecule has 4 aromatic rings. The number of aryl methyl sites for hydroxylation is 1. The Hall–Kier alpha value is -4.17. The molecule has 10 nitrogen and oxygen atoms in total. The second kappa shape index (κ2) is 11.7. The van der Waals surface area contributed by atoms with Crippen LogP contribution in [-0.4, -0.2) is 77.9 Å². The number of rotatable bonds is 9. The van der Waals surface area contributed by atoms with E-state index in [1.807, 2.05) is 6.92 Å². The monoisotopic (exact) mass is 527 g/mol. The van der Waals surface area contributed by atoms with Crippen LogP contribution in [0.5, 0.6) is 0 Å². The van der Waals surface area contributed by atoms with Gasteiger partial charge in [-0.1, -0.05) is 12.1 Å². The highest BCUT2D eigenvalue weighted by atomic mass is 16.5. The predicted molar refractivity (Wildman–Crippen MR) is 152 cm³/mol. The Bertz CT molecular complexity index is 1550. The van der Waals surface area contributed by atoms with Crippen LogP contribution >= 0.6 is 0 Å². The topological polar surface area (TPSA) is 133 Å². The van der Waals surface area contributed by atoms with Gasteiger partial charge in [-0.25, -0.2) is 4.98 Å². The average Bonchev–Trinajstić information content (AvgIpc) is 3.39. The maximum atomic E-state index is 12.9. The third-order valence-electron chi connectivity index (χ3n) is 7.19. The van der Waals surface area contributed by atoms with E-state index in [2.05, 4.69) is 43.3 Å². The summed E-state index contributed by atoms with van der Waals surface area (Å²) in [5.41, 5.74) is 5.58. The summed E-state index contributed by atoms with van der Waals surface area (Å²) >= 11 is 0. The second-order valence-corrected chi connectivity index (χ2v) is 9.80. The predicted octanol–water partition coefficient (Wildman–Crippen LogP) is 3.01. The van der Waals surface area contributed by atoms with Crippen LogP contribution in [0.25, 0.3) is 22.4 Å². The van der Waals surface area contributed by atoms with Crippen molar-refractivity contribution in [1.29, 1.82) is 5.26 Å². The maximum absolute atomic E-state index is 12.9. The van der Waals surface area contributed by atoms with E-state index < -0.39 is 6.10 Å². The summed E-state index contributed by atoms with van der Waals surface area (Å²) in [6.45, 7) is 7.70. The third kappa shape index (κ3) is 5.81. The summed E-state index contributed by atoms with van der Waals surface area (Å²) in [5, 5.41) is 23.0. The number of nitriles is 1. The largest absolute Gasteiger partial charge is 0.387 e. The number of ether oxygens (including phenoxy) is 1. The van der Waals surface area contributed by atoms with E-state index in [1.54, 1.807) is 43.6 Å². The van der Waals surface area contributed by atoms with Crippen molar-refractivity contribution < 1.29 is 9.84 Å². The van der Waals surface area contributed by atoms with Gasteiger partial charge in [-0.15, -0.1) is 0 Å².